The zero-order chi connectivity index (χ0) is 13.0. The fourth-order valence-electron chi connectivity index (χ4n) is 1.74. The summed E-state index contributed by atoms with van der Waals surface area (Å²) in [5.74, 6) is -1.23. The zero-order valence-corrected chi connectivity index (χ0v) is 9.76. The highest BCUT2D eigenvalue weighted by atomic mass is 16.4. The van der Waals surface area contributed by atoms with Gasteiger partial charge in [0.2, 0.25) is 0 Å². The monoisotopic (exact) mass is 250 g/mol. The lowest BCUT2D eigenvalue weighted by Crippen LogP contribution is -2.26. The van der Waals surface area contributed by atoms with E-state index in [9.17, 15) is 9.59 Å². The van der Waals surface area contributed by atoms with Crippen LogP contribution in [0.1, 0.15) is 6.42 Å². The van der Waals surface area contributed by atoms with E-state index in [1.807, 2.05) is 12.1 Å². The van der Waals surface area contributed by atoms with Crippen molar-refractivity contribution < 1.29 is 14.3 Å². The lowest BCUT2D eigenvalue weighted by molar-refractivity contribution is -0.136. The van der Waals surface area contributed by atoms with Crippen molar-refractivity contribution in [2.24, 2.45) is 0 Å². The number of carbonyl (C=O) groups is 1. The van der Waals surface area contributed by atoms with Crippen LogP contribution in [0.4, 0.5) is 0 Å². The molecule has 6 nitrogen and oxygen atoms in total. The SMILES string of the molecule is O=C(O)CCNCCn1c(=O)oc2ccccc21. The van der Waals surface area contributed by atoms with E-state index in [4.69, 9.17) is 9.52 Å². The molecule has 6 heteroatoms. The standard InChI is InChI=1S/C12H14N2O4/c15-11(16)5-6-13-7-8-14-9-3-1-2-4-10(9)18-12(14)17/h1-4,13H,5-8H2,(H,15,16). The zero-order valence-electron chi connectivity index (χ0n) is 9.76. The molecule has 0 atom stereocenters. The van der Waals surface area contributed by atoms with Crippen LogP contribution in [0.25, 0.3) is 11.1 Å². The van der Waals surface area contributed by atoms with Crippen molar-refractivity contribution in [3.8, 4) is 0 Å². The van der Waals surface area contributed by atoms with Gasteiger partial charge >= 0.3 is 11.7 Å². The lowest BCUT2D eigenvalue weighted by atomic mass is 10.3. The Labute approximate surface area is 103 Å². The molecule has 1 aromatic carbocycles. The van der Waals surface area contributed by atoms with E-state index in [0.717, 1.165) is 5.52 Å². The van der Waals surface area contributed by atoms with Crippen LogP contribution in [-0.4, -0.2) is 28.7 Å². The first kappa shape index (κ1) is 12.4. The van der Waals surface area contributed by atoms with Gasteiger partial charge in [-0.15, -0.1) is 0 Å². The van der Waals surface area contributed by atoms with E-state index >= 15 is 0 Å². The van der Waals surface area contributed by atoms with Gasteiger partial charge < -0.3 is 14.8 Å². The Hall–Kier alpha value is -2.08. The summed E-state index contributed by atoms with van der Waals surface area (Å²) in [6, 6.07) is 7.20. The van der Waals surface area contributed by atoms with Gasteiger partial charge in [-0.1, -0.05) is 12.1 Å². The fourth-order valence-corrected chi connectivity index (χ4v) is 1.74. The molecule has 0 bridgehead atoms. The molecule has 2 aromatic rings. The Bertz CT molecular complexity index is 599. The van der Waals surface area contributed by atoms with E-state index in [1.165, 1.54) is 4.57 Å². The summed E-state index contributed by atoms with van der Waals surface area (Å²) in [4.78, 5) is 21.9. The number of para-hydroxylation sites is 2. The topological polar surface area (TPSA) is 84.5 Å². The van der Waals surface area contributed by atoms with E-state index in [2.05, 4.69) is 5.32 Å². The molecule has 0 radical (unpaired) electrons. The van der Waals surface area contributed by atoms with Crippen LogP contribution in [0.2, 0.25) is 0 Å². The van der Waals surface area contributed by atoms with Crippen LogP contribution in [0.15, 0.2) is 33.5 Å². The highest BCUT2D eigenvalue weighted by Gasteiger charge is 2.07. The number of benzene rings is 1. The summed E-state index contributed by atoms with van der Waals surface area (Å²) in [5.41, 5.74) is 1.32. The first-order valence-corrected chi connectivity index (χ1v) is 5.69. The van der Waals surface area contributed by atoms with Crippen molar-refractivity contribution in [1.29, 1.82) is 0 Å². The Balaban J connectivity index is 1.97. The molecular formula is C12H14N2O4. The third-order valence-electron chi connectivity index (χ3n) is 2.60. The highest BCUT2D eigenvalue weighted by Crippen LogP contribution is 2.10. The maximum Gasteiger partial charge on any atom is 0.419 e. The van der Waals surface area contributed by atoms with Crippen LogP contribution in [-0.2, 0) is 11.3 Å². The third kappa shape index (κ3) is 2.78. The molecule has 0 aliphatic heterocycles. The second kappa shape index (κ2) is 5.50. The summed E-state index contributed by atoms with van der Waals surface area (Å²) in [5, 5.41) is 11.4. The minimum atomic E-state index is -0.839. The number of nitrogens with zero attached hydrogens (tertiary/aromatic N) is 1. The number of rotatable bonds is 6. The largest absolute Gasteiger partial charge is 0.481 e. The van der Waals surface area contributed by atoms with Crippen molar-refractivity contribution in [3.63, 3.8) is 0 Å². The average Bonchev–Trinajstić information content (AvgIpc) is 2.65. The Morgan fingerprint density at radius 1 is 1.33 bits per heavy atom. The minimum Gasteiger partial charge on any atom is -0.481 e. The van der Waals surface area contributed by atoms with Crippen LogP contribution < -0.4 is 11.1 Å². The molecular weight excluding hydrogens is 236 g/mol. The fraction of sp³-hybridized carbons (Fsp3) is 0.333. The Morgan fingerprint density at radius 2 is 2.11 bits per heavy atom. The van der Waals surface area contributed by atoms with E-state index in [0.29, 0.717) is 25.2 Å². The van der Waals surface area contributed by atoms with Crippen LogP contribution in [0, 0.1) is 0 Å². The number of fused-ring (bicyclic) bond motifs is 1. The number of nitrogens with one attached hydrogen (secondary N) is 1. The number of carboxylic acid groups (broad SMARTS) is 1. The second-order valence-electron chi connectivity index (χ2n) is 3.88. The molecule has 0 fully saturated rings. The summed E-state index contributed by atoms with van der Waals surface area (Å²) < 4.78 is 6.61. The second-order valence-corrected chi connectivity index (χ2v) is 3.88. The quantitative estimate of drug-likeness (QED) is 0.736. The maximum atomic E-state index is 11.6. The number of hydrogen-bond donors (Lipinski definition) is 2. The highest BCUT2D eigenvalue weighted by molar-refractivity contribution is 5.72. The van der Waals surface area contributed by atoms with Crippen molar-refractivity contribution in [2.75, 3.05) is 13.1 Å². The van der Waals surface area contributed by atoms with Gasteiger partial charge in [0.05, 0.1) is 11.9 Å². The molecule has 2 rings (SSSR count). The Kier molecular flexibility index (Phi) is 3.78. The van der Waals surface area contributed by atoms with E-state index in [-0.39, 0.29) is 6.42 Å². The Morgan fingerprint density at radius 3 is 2.89 bits per heavy atom. The maximum absolute atomic E-state index is 11.6. The molecule has 0 amide bonds. The third-order valence-corrected chi connectivity index (χ3v) is 2.60. The molecule has 96 valence electrons. The molecule has 2 N–H and O–H groups in total. The molecule has 0 aliphatic carbocycles. The van der Waals surface area contributed by atoms with E-state index < -0.39 is 11.7 Å². The number of carboxylic acids is 1. The number of oxazole rings is 1. The molecule has 0 spiro atoms. The smallest absolute Gasteiger partial charge is 0.419 e. The first-order chi connectivity index (χ1) is 8.68. The minimum absolute atomic E-state index is 0.0705. The molecule has 1 heterocycles. The average molecular weight is 250 g/mol. The number of aliphatic carboxylic acids is 1. The molecule has 1 aromatic heterocycles. The predicted octanol–water partition coefficient (Wildman–Crippen LogP) is 0.659. The van der Waals surface area contributed by atoms with Crippen LogP contribution >= 0.6 is 0 Å². The first-order valence-electron chi connectivity index (χ1n) is 5.69. The molecule has 18 heavy (non-hydrogen) atoms. The normalized spacial score (nSPS) is 10.9. The number of aromatic nitrogens is 1. The van der Waals surface area contributed by atoms with Crippen molar-refractivity contribution in [1.82, 2.24) is 9.88 Å². The molecule has 0 aliphatic rings. The van der Waals surface area contributed by atoms with Gasteiger partial charge in [-0.3, -0.25) is 9.36 Å². The van der Waals surface area contributed by atoms with Gasteiger partial charge in [-0.2, -0.15) is 0 Å². The predicted molar refractivity (Wildman–Crippen MR) is 65.6 cm³/mol. The molecule has 0 saturated carbocycles. The summed E-state index contributed by atoms with van der Waals surface area (Å²) in [7, 11) is 0. The molecule has 0 unspecified atom stereocenters. The van der Waals surface area contributed by atoms with Crippen molar-refractivity contribution in [3.05, 3.63) is 34.8 Å². The van der Waals surface area contributed by atoms with Gasteiger partial charge in [0.25, 0.3) is 0 Å². The molecule has 0 saturated heterocycles. The van der Waals surface area contributed by atoms with Gasteiger partial charge in [0, 0.05) is 19.6 Å². The van der Waals surface area contributed by atoms with Gasteiger partial charge in [0.1, 0.15) is 0 Å². The van der Waals surface area contributed by atoms with Gasteiger partial charge in [-0.05, 0) is 12.1 Å². The van der Waals surface area contributed by atoms with Crippen molar-refractivity contribution in [2.45, 2.75) is 13.0 Å². The summed E-state index contributed by atoms with van der Waals surface area (Å²) in [6.07, 6.45) is 0.0705. The number of hydrogen-bond acceptors (Lipinski definition) is 4. The van der Waals surface area contributed by atoms with Crippen LogP contribution in [0.3, 0.4) is 0 Å². The lowest BCUT2D eigenvalue weighted by Gasteiger charge is -2.03. The summed E-state index contributed by atoms with van der Waals surface area (Å²) >= 11 is 0. The van der Waals surface area contributed by atoms with Crippen molar-refractivity contribution >= 4 is 17.1 Å². The van der Waals surface area contributed by atoms with Crippen LogP contribution in [0.5, 0.6) is 0 Å². The van der Waals surface area contributed by atoms with Gasteiger partial charge in [0.15, 0.2) is 5.58 Å². The summed E-state index contributed by atoms with van der Waals surface area (Å²) in [6.45, 7) is 1.37. The van der Waals surface area contributed by atoms with E-state index in [1.54, 1.807) is 12.1 Å². The van der Waals surface area contributed by atoms with Gasteiger partial charge in [-0.25, -0.2) is 4.79 Å².